The molecule has 142 valence electrons. The van der Waals surface area contributed by atoms with Gasteiger partial charge in [0.2, 0.25) is 5.88 Å². The van der Waals surface area contributed by atoms with Crippen LogP contribution in [0.2, 0.25) is 0 Å². The van der Waals surface area contributed by atoms with E-state index in [4.69, 9.17) is 9.47 Å². The van der Waals surface area contributed by atoms with Gasteiger partial charge in [-0.15, -0.1) is 11.3 Å². The van der Waals surface area contributed by atoms with Crippen LogP contribution < -0.4 is 10.1 Å². The average Bonchev–Trinajstić information content (AvgIpc) is 2.94. The molecule has 9 heteroatoms. The van der Waals surface area contributed by atoms with Crippen molar-refractivity contribution in [2.24, 2.45) is 0 Å². The van der Waals surface area contributed by atoms with Gasteiger partial charge in [0.1, 0.15) is 17.5 Å². The molecule has 1 atom stereocenters. The maximum absolute atomic E-state index is 12.6. The molecule has 0 bridgehead atoms. The molecular weight excluding hydrogens is 358 g/mol. The summed E-state index contributed by atoms with van der Waals surface area (Å²) in [4.78, 5) is 33.7. The number of carboxylic acids is 1. The van der Waals surface area contributed by atoms with Gasteiger partial charge in [-0.1, -0.05) is 19.8 Å². The number of hydrogen-bond donors (Lipinski definition) is 2. The first-order chi connectivity index (χ1) is 12.4. The number of ether oxygens (including phenoxy) is 2. The molecule has 2 aromatic heterocycles. The number of aromatic nitrogens is 2. The fourth-order valence-corrected chi connectivity index (χ4v) is 3.69. The van der Waals surface area contributed by atoms with Gasteiger partial charge in [-0.25, -0.2) is 9.78 Å². The van der Waals surface area contributed by atoms with Crippen molar-refractivity contribution in [2.75, 3.05) is 14.2 Å². The number of hydrogen-bond acceptors (Lipinski definition) is 7. The van der Waals surface area contributed by atoms with Crippen LogP contribution in [0.4, 0.5) is 0 Å². The van der Waals surface area contributed by atoms with E-state index in [1.165, 1.54) is 18.4 Å². The molecule has 0 saturated heterocycles. The van der Waals surface area contributed by atoms with E-state index < -0.39 is 17.9 Å². The zero-order valence-corrected chi connectivity index (χ0v) is 16.1. The van der Waals surface area contributed by atoms with Crippen LogP contribution in [0, 0.1) is 6.92 Å². The standard InChI is InChI=1S/C17H23N3O5S/c1-5-6-7-10(17(22)23)18-14(21)13-9(2)12-15(25-4)19-11(8-24-3)20-16(12)26-13/h10H,5-8H2,1-4H3,(H,18,21)(H,22,23)/t10-/m0/s1. The summed E-state index contributed by atoms with van der Waals surface area (Å²) >= 11 is 1.19. The molecule has 0 aliphatic heterocycles. The predicted octanol–water partition coefficient (Wildman–Crippen LogP) is 2.53. The van der Waals surface area contributed by atoms with Gasteiger partial charge >= 0.3 is 5.97 Å². The third kappa shape index (κ3) is 4.28. The Morgan fingerprint density at radius 2 is 2.04 bits per heavy atom. The Morgan fingerprint density at radius 3 is 2.62 bits per heavy atom. The number of amides is 1. The third-order valence-electron chi connectivity index (χ3n) is 3.93. The SMILES string of the molecule is CCCC[C@H](NC(=O)c1sc2nc(COC)nc(OC)c2c1C)C(=O)O. The number of carboxylic acid groups (broad SMARTS) is 1. The molecule has 26 heavy (non-hydrogen) atoms. The second kappa shape index (κ2) is 8.91. The highest BCUT2D eigenvalue weighted by molar-refractivity contribution is 7.20. The Morgan fingerprint density at radius 1 is 1.31 bits per heavy atom. The van der Waals surface area contributed by atoms with Crippen LogP contribution in [0.3, 0.4) is 0 Å². The van der Waals surface area contributed by atoms with Crippen LogP contribution in [0.1, 0.15) is 47.2 Å². The molecule has 2 rings (SSSR count). The van der Waals surface area contributed by atoms with Gasteiger partial charge in [-0.05, 0) is 18.9 Å². The summed E-state index contributed by atoms with van der Waals surface area (Å²) in [7, 11) is 3.04. The lowest BCUT2D eigenvalue weighted by molar-refractivity contribution is -0.139. The molecule has 8 nitrogen and oxygen atoms in total. The van der Waals surface area contributed by atoms with Crippen molar-refractivity contribution < 1.29 is 24.2 Å². The van der Waals surface area contributed by atoms with E-state index in [1.807, 2.05) is 6.92 Å². The predicted molar refractivity (Wildman–Crippen MR) is 97.8 cm³/mol. The number of fused-ring (bicyclic) bond motifs is 1. The second-order valence-electron chi connectivity index (χ2n) is 5.82. The topological polar surface area (TPSA) is 111 Å². The first-order valence-corrected chi connectivity index (χ1v) is 9.11. The molecule has 0 aliphatic carbocycles. The van der Waals surface area contributed by atoms with Crippen molar-refractivity contribution in [3.63, 3.8) is 0 Å². The number of thiophene rings is 1. The number of nitrogens with zero attached hydrogens (tertiary/aromatic N) is 2. The van der Waals surface area contributed by atoms with Gasteiger partial charge in [0.15, 0.2) is 5.82 Å². The van der Waals surface area contributed by atoms with Gasteiger partial charge in [0.25, 0.3) is 5.91 Å². The largest absolute Gasteiger partial charge is 0.480 e. The highest BCUT2D eigenvalue weighted by Crippen LogP contribution is 2.35. The summed E-state index contributed by atoms with van der Waals surface area (Å²) in [6.45, 7) is 3.97. The highest BCUT2D eigenvalue weighted by atomic mass is 32.1. The number of aliphatic carboxylic acids is 1. The maximum Gasteiger partial charge on any atom is 0.326 e. The quantitative estimate of drug-likeness (QED) is 0.686. The molecule has 0 unspecified atom stereocenters. The number of carbonyl (C=O) groups excluding carboxylic acids is 1. The molecular formula is C17H23N3O5S. The summed E-state index contributed by atoms with van der Waals surface area (Å²) in [6, 6.07) is -0.913. The van der Waals surface area contributed by atoms with Crippen LogP contribution in [0.15, 0.2) is 0 Å². The molecule has 0 radical (unpaired) electrons. The zero-order chi connectivity index (χ0) is 19.3. The molecule has 2 heterocycles. The first-order valence-electron chi connectivity index (χ1n) is 8.29. The lowest BCUT2D eigenvalue weighted by Crippen LogP contribution is -2.40. The molecule has 0 fully saturated rings. The normalized spacial score (nSPS) is 12.2. The zero-order valence-electron chi connectivity index (χ0n) is 15.3. The van der Waals surface area contributed by atoms with Gasteiger partial charge in [-0.2, -0.15) is 4.98 Å². The summed E-state index contributed by atoms with van der Waals surface area (Å²) in [5.74, 6) is -0.637. The summed E-state index contributed by atoms with van der Waals surface area (Å²) < 4.78 is 10.4. The van der Waals surface area contributed by atoms with Crippen LogP contribution in [-0.4, -0.2) is 47.2 Å². The number of unbranched alkanes of at least 4 members (excludes halogenated alkanes) is 1. The molecule has 0 spiro atoms. The van der Waals surface area contributed by atoms with Crippen molar-refractivity contribution >= 4 is 33.4 Å². The molecule has 1 amide bonds. The van der Waals surface area contributed by atoms with E-state index in [0.717, 1.165) is 12.8 Å². The molecule has 2 aromatic rings. The number of aryl methyl sites for hydroxylation is 1. The number of methoxy groups -OCH3 is 2. The minimum atomic E-state index is -1.04. The summed E-state index contributed by atoms with van der Waals surface area (Å²) in [5, 5.41) is 12.6. The minimum absolute atomic E-state index is 0.225. The Balaban J connectivity index is 2.38. The van der Waals surface area contributed by atoms with Gasteiger partial charge < -0.3 is 19.9 Å². The summed E-state index contributed by atoms with van der Waals surface area (Å²) in [5.41, 5.74) is 0.669. The monoisotopic (exact) mass is 381 g/mol. The highest BCUT2D eigenvalue weighted by Gasteiger charge is 2.25. The number of rotatable bonds is 9. The number of carbonyl (C=O) groups is 2. The van der Waals surface area contributed by atoms with E-state index in [0.29, 0.717) is 38.8 Å². The van der Waals surface area contributed by atoms with Gasteiger partial charge in [0.05, 0.1) is 17.4 Å². The molecule has 2 N–H and O–H groups in total. The van der Waals surface area contributed by atoms with Gasteiger partial charge in [0, 0.05) is 7.11 Å². The lowest BCUT2D eigenvalue weighted by atomic mass is 10.1. The second-order valence-corrected chi connectivity index (χ2v) is 6.82. The van der Waals surface area contributed by atoms with Gasteiger partial charge in [-0.3, -0.25) is 4.79 Å². The first kappa shape index (κ1) is 20.1. The number of nitrogens with one attached hydrogen (secondary N) is 1. The van der Waals surface area contributed by atoms with Crippen molar-refractivity contribution in [3.05, 3.63) is 16.3 Å². The van der Waals surface area contributed by atoms with Crippen LogP contribution in [-0.2, 0) is 16.1 Å². The van der Waals surface area contributed by atoms with E-state index in [2.05, 4.69) is 15.3 Å². The van der Waals surface area contributed by atoms with E-state index in [9.17, 15) is 14.7 Å². The minimum Gasteiger partial charge on any atom is -0.480 e. The molecule has 0 aliphatic rings. The van der Waals surface area contributed by atoms with E-state index >= 15 is 0 Å². The maximum atomic E-state index is 12.6. The Kier molecular flexibility index (Phi) is 6.87. The van der Waals surface area contributed by atoms with Crippen molar-refractivity contribution in [3.8, 4) is 5.88 Å². The van der Waals surface area contributed by atoms with Crippen molar-refractivity contribution in [2.45, 2.75) is 45.8 Å². The fourth-order valence-electron chi connectivity index (χ4n) is 2.59. The van der Waals surface area contributed by atoms with Crippen molar-refractivity contribution in [1.29, 1.82) is 0 Å². The smallest absolute Gasteiger partial charge is 0.326 e. The van der Waals surface area contributed by atoms with Crippen LogP contribution >= 0.6 is 11.3 Å². The molecule has 0 saturated carbocycles. The van der Waals surface area contributed by atoms with E-state index in [1.54, 1.807) is 14.0 Å². The average molecular weight is 381 g/mol. The van der Waals surface area contributed by atoms with Crippen LogP contribution in [0.25, 0.3) is 10.2 Å². The van der Waals surface area contributed by atoms with Crippen LogP contribution in [0.5, 0.6) is 5.88 Å². The lowest BCUT2D eigenvalue weighted by Gasteiger charge is -2.13. The Hall–Kier alpha value is -2.26. The molecule has 0 aromatic carbocycles. The Labute approximate surface area is 155 Å². The Bertz CT molecular complexity index is 805. The van der Waals surface area contributed by atoms with Crippen molar-refractivity contribution in [1.82, 2.24) is 15.3 Å². The van der Waals surface area contributed by atoms with E-state index in [-0.39, 0.29) is 6.61 Å². The third-order valence-corrected chi connectivity index (χ3v) is 5.11. The fraction of sp³-hybridized carbons (Fsp3) is 0.529. The summed E-state index contributed by atoms with van der Waals surface area (Å²) in [6.07, 6.45) is 1.97.